The van der Waals surface area contributed by atoms with E-state index in [0.29, 0.717) is 12.8 Å². The molecular weight excluding hydrogens is 863 g/mol. The van der Waals surface area contributed by atoms with Gasteiger partial charge in [0.05, 0.1) is 25.4 Å². The number of hydrogen-bond donors (Lipinski definition) is 6. The number of aliphatic hydroxyl groups is 5. The van der Waals surface area contributed by atoms with Crippen molar-refractivity contribution in [3.63, 3.8) is 0 Å². The lowest BCUT2D eigenvalue weighted by atomic mass is 9.99. The topological polar surface area (TPSA) is 149 Å². The fourth-order valence-electron chi connectivity index (χ4n) is 8.03. The van der Waals surface area contributed by atoms with Crippen LogP contribution in [0.2, 0.25) is 0 Å². The number of carbonyl (C=O) groups is 1. The van der Waals surface area contributed by atoms with Crippen molar-refractivity contribution in [2.75, 3.05) is 13.2 Å². The van der Waals surface area contributed by atoms with E-state index in [1.807, 2.05) is 0 Å². The minimum Gasteiger partial charge on any atom is -0.394 e. The summed E-state index contributed by atoms with van der Waals surface area (Å²) in [5.74, 6) is -0.168. The lowest BCUT2D eigenvalue weighted by Gasteiger charge is -2.40. The van der Waals surface area contributed by atoms with Crippen LogP contribution in [0.4, 0.5) is 0 Å². The predicted molar refractivity (Wildman–Crippen MR) is 290 cm³/mol. The van der Waals surface area contributed by atoms with Crippen molar-refractivity contribution >= 4 is 5.91 Å². The van der Waals surface area contributed by atoms with Crippen LogP contribution >= 0.6 is 0 Å². The van der Waals surface area contributed by atoms with Crippen molar-refractivity contribution in [2.24, 2.45) is 0 Å². The molecule has 394 valence electrons. The van der Waals surface area contributed by atoms with Gasteiger partial charge in [-0.25, -0.2) is 0 Å². The first kappa shape index (κ1) is 63.9. The van der Waals surface area contributed by atoms with E-state index in [9.17, 15) is 30.3 Å². The SMILES string of the molecule is CC/C=C\C/C=C\C/C=C\C/C=C\C/C=C\C/C=C\C/C=C\C/C=C\C/C=C\CCCCCCCC(=O)NC(COC1OC(CO)C(O)C(O)C1O)C(O)CCCCCCCCCCCCCCC. The summed E-state index contributed by atoms with van der Waals surface area (Å²) in [6.07, 6.45) is 63.9. The van der Waals surface area contributed by atoms with Crippen molar-refractivity contribution in [1.82, 2.24) is 5.32 Å². The molecule has 1 fully saturated rings. The van der Waals surface area contributed by atoms with E-state index in [0.717, 1.165) is 116 Å². The molecule has 0 radical (unpaired) electrons. The number of ether oxygens (including phenoxy) is 2. The second-order valence-corrected chi connectivity index (χ2v) is 18.6. The molecule has 9 nitrogen and oxygen atoms in total. The minimum absolute atomic E-state index is 0.153. The predicted octanol–water partition coefficient (Wildman–Crippen LogP) is 13.4. The molecule has 0 bridgehead atoms. The van der Waals surface area contributed by atoms with Gasteiger partial charge in [0.2, 0.25) is 5.91 Å². The number of hydrogen-bond acceptors (Lipinski definition) is 8. The Kier molecular flexibility index (Phi) is 44.9. The standard InChI is InChI=1S/C60H101NO8/c1-3-5-7-9-11-13-15-17-18-19-20-21-22-23-24-25-26-27-28-29-30-31-32-33-34-35-36-38-40-42-44-46-48-50-56(64)61-53(52-68-60-59(67)58(66)57(65)55(51-62)69-60)54(63)49-47-45-43-41-39-37-16-14-12-10-8-6-4-2/h5,7,11,13,17-18,20-21,23-24,26-27,29-30,32-33,35-36,53-55,57-60,62-63,65-67H,3-4,6,8-10,12,14-16,19,22,25,28,31,34,37-52H2,1-2H3,(H,61,64)/b7-5-,13-11-,18-17-,21-20-,24-23-,27-26-,30-29-,33-32-,36-35-. The number of carbonyl (C=O) groups excluding carboxylic acids is 1. The highest BCUT2D eigenvalue weighted by molar-refractivity contribution is 5.76. The normalized spacial score (nSPS) is 20.4. The molecule has 1 rings (SSSR count). The third-order valence-electron chi connectivity index (χ3n) is 12.4. The summed E-state index contributed by atoms with van der Waals surface area (Å²) in [6.45, 7) is 3.69. The summed E-state index contributed by atoms with van der Waals surface area (Å²) in [7, 11) is 0. The van der Waals surface area contributed by atoms with Crippen LogP contribution in [0.5, 0.6) is 0 Å². The molecule has 1 saturated heterocycles. The number of amides is 1. The molecule has 7 atom stereocenters. The number of unbranched alkanes of at least 4 members (excludes halogenated alkanes) is 17. The highest BCUT2D eigenvalue weighted by Crippen LogP contribution is 2.23. The van der Waals surface area contributed by atoms with E-state index in [1.54, 1.807) is 0 Å². The molecule has 1 heterocycles. The van der Waals surface area contributed by atoms with Crippen LogP contribution in [0.25, 0.3) is 0 Å². The van der Waals surface area contributed by atoms with Crippen molar-refractivity contribution in [2.45, 2.75) is 249 Å². The van der Waals surface area contributed by atoms with Crippen molar-refractivity contribution in [1.29, 1.82) is 0 Å². The third kappa shape index (κ3) is 38.2. The summed E-state index contributed by atoms with van der Waals surface area (Å²) in [4.78, 5) is 13.0. The second kappa shape index (κ2) is 48.5. The quantitative estimate of drug-likeness (QED) is 0.0261. The smallest absolute Gasteiger partial charge is 0.220 e. The van der Waals surface area contributed by atoms with Crippen LogP contribution in [0, 0.1) is 0 Å². The van der Waals surface area contributed by atoms with E-state index >= 15 is 0 Å². The van der Waals surface area contributed by atoms with E-state index < -0.39 is 49.5 Å². The van der Waals surface area contributed by atoms with Gasteiger partial charge in [-0.1, -0.05) is 226 Å². The van der Waals surface area contributed by atoms with Crippen LogP contribution in [-0.2, 0) is 14.3 Å². The van der Waals surface area contributed by atoms with Gasteiger partial charge in [-0.2, -0.15) is 0 Å². The lowest BCUT2D eigenvalue weighted by Crippen LogP contribution is -2.60. The molecule has 0 aromatic rings. The molecule has 0 aliphatic carbocycles. The zero-order valence-electron chi connectivity index (χ0n) is 43.5. The van der Waals surface area contributed by atoms with E-state index in [4.69, 9.17) is 9.47 Å². The maximum Gasteiger partial charge on any atom is 0.220 e. The minimum atomic E-state index is -1.56. The summed E-state index contributed by atoms with van der Waals surface area (Å²) >= 11 is 0. The second-order valence-electron chi connectivity index (χ2n) is 18.6. The molecule has 0 aromatic heterocycles. The summed E-state index contributed by atoms with van der Waals surface area (Å²) in [6, 6.07) is -0.737. The van der Waals surface area contributed by atoms with Crippen molar-refractivity contribution < 1.29 is 39.8 Å². The zero-order chi connectivity index (χ0) is 50.1. The summed E-state index contributed by atoms with van der Waals surface area (Å²) in [5, 5.41) is 54.5. The Hall–Kier alpha value is -3.15. The van der Waals surface area contributed by atoms with Gasteiger partial charge in [0.1, 0.15) is 24.4 Å². The molecule has 7 unspecified atom stereocenters. The maximum absolute atomic E-state index is 13.0. The Bertz CT molecular complexity index is 1440. The largest absolute Gasteiger partial charge is 0.394 e. The molecule has 1 amide bonds. The van der Waals surface area contributed by atoms with Gasteiger partial charge in [0.15, 0.2) is 6.29 Å². The van der Waals surface area contributed by atoms with Crippen molar-refractivity contribution in [3.8, 4) is 0 Å². The monoisotopic (exact) mass is 964 g/mol. The van der Waals surface area contributed by atoms with Gasteiger partial charge < -0.3 is 40.3 Å². The van der Waals surface area contributed by atoms with Crippen LogP contribution in [0.3, 0.4) is 0 Å². The first-order chi connectivity index (χ1) is 33.8. The molecule has 0 saturated carbocycles. The van der Waals surface area contributed by atoms with Gasteiger partial charge in [0.25, 0.3) is 0 Å². The zero-order valence-corrected chi connectivity index (χ0v) is 43.5. The van der Waals surface area contributed by atoms with Crippen LogP contribution < -0.4 is 5.32 Å². The third-order valence-corrected chi connectivity index (χ3v) is 12.4. The number of allylic oxidation sites excluding steroid dienone is 18. The Balaban J connectivity index is 2.22. The van der Waals surface area contributed by atoms with Gasteiger partial charge in [0, 0.05) is 6.42 Å². The highest BCUT2D eigenvalue weighted by Gasteiger charge is 2.44. The molecule has 0 spiro atoms. The van der Waals surface area contributed by atoms with Crippen LogP contribution in [0.1, 0.15) is 206 Å². The fourth-order valence-corrected chi connectivity index (χ4v) is 8.03. The van der Waals surface area contributed by atoms with E-state index in [-0.39, 0.29) is 12.5 Å². The molecule has 6 N–H and O–H groups in total. The molecule has 9 heteroatoms. The number of rotatable bonds is 45. The van der Waals surface area contributed by atoms with Gasteiger partial charge in [-0.3, -0.25) is 4.79 Å². The Labute approximate surface area is 421 Å². The lowest BCUT2D eigenvalue weighted by molar-refractivity contribution is -0.302. The summed E-state index contributed by atoms with van der Waals surface area (Å²) in [5.41, 5.74) is 0. The van der Waals surface area contributed by atoms with E-state index in [1.165, 1.54) is 64.2 Å². The van der Waals surface area contributed by atoms with Crippen molar-refractivity contribution in [3.05, 3.63) is 109 Å². The average Bonchev–Trinajstić information content (AvgIpc) is 3.35. The molecule has 69 heavy (non-hydrogen) atoms. The van der Waals surface area contributed by atoms with E-state index in [2.05, 4.69) is 129 Å². The van der Waals surface area contributed by atoms with Crippen LogP contribution in [-0.4, -0.2) is 87.5 Å². The maximum atomic E-state index is 13.0. The Morgan fingerprint density at radius 2 is 0.899 bits per heavy atom. The average molecular weight is 964 g/mol. The first-order valence-electron chi connectivity index (χ1n) is 27.6. The highest BCUT2D eigenvalue weighted by atomic mass is 16.7. The van der Waals surface area contributed by atoms with Gasteiger partial charge in [-0.15, -0.1) is 0 Å². The van der Waals surface area contributed by atoms with Gasteiger partial charge >= 0.3 is 0 Å². The molecule has 1 aliphatic heterocycles. The molecular formula is C60H101NO8. The molecule has 0 aromatic carbocycles. The molecule has 1 aliphatic rings. The summed E-state index contributed by atoms with van der Waals surface area (Å²) < 4.78 is 11.3. The Morgan fingerprint density at radius 3 is 1.33 bits per heavy atom. The Morgan fingerprint density at radius 1 is 0.507 bits per heavy atom. The number of aliphatic hydroxyl groups excluding tert-OH is 5. The fraction of sp³-hybridized carbons (Fsp3) is 0.683. The van der Waals surface area contributed by atoms with Crippen LogP contribution in [0.15, 0.2) is 109 Å². The van der Waals surface area contributed by atoms with Gasteiger partial charge in [-0.05, 0) is 83.5 Å². The number of nitrogens with one attached hydrogen (secondary N) is 1. The first-order valence-corrected chi connectivity index (χ1v) is 27.6.